The zero-order chi connectivity index (χ0) is 11.1. The Hall–Kier alpha value is -1.38. The Balaban J connectivity index is 1.70. The number of rotatable bonds is 5. The first-order valence-corrected chi connectivity index (χ1v) is 6.33. The van der Waals surface area contributed by atoms with Gasteiger partial charge in [-0.3, -0.25) is 0 Å². The molecular formula is C14H15NS. The van der Waals surface area contributed by atoms with Crippen LogP contribution in [0, 0.1) is 0 Å². The lowest BCUT2D eigenvalue weighted by Gasteiger charge is -1.98. The highest BCUT2D eigenvalue weighted by Crippen LogP contribution is 2.04. The van der Waals surface area contributed by atoms with Crippen molar-refractivity contribution >= 4 is 17.4 Å². The molecule has 0 aliphatic heterocycles. The zero-order valence-corrected chi connectivity index (χ0v) is 9.91. The Bertz CT molecular complexity index is 417. The second-order valence-electron chi connectivity index (χ2n) is 3.58. The zero-order valence-electron chi connectivity index (χ0n) is 9.10. The van der Waals surface area contributed by atoms with Crippen LogP contribution in [0.4, 0.5) is 0 Å². The molecule has 0 bridgehead atoms. The highest BCUT2D eigenvalue weighted by atomic mass is 32.1. The van der Waals surface area contributed by atoms with Crippen molar-refractivity contribution in [3.05, 3.63) is 64.4 Å². The number of thiophene rings is 1. The second-order valence-corrected chi connectivity index (χ2v) is 4.36. The summed E-state index contributed by atoms with van der Waals surface area (Å²) in [5.41, 5.74) is 2.61. The van der Waals surface area contributed by atoms with Crippen molar-refractivity contribution in [2.75, 3.05) is 6.54 Å². The Labute approximate surface area is 100 Å². The molecule has 1 aromatic heterocycles. The van der Waals surface area contributed by atoms with Gasteiger partial charge in [-0.05, 0) is 28.0 Å². The van der Waals surface area contributed by atoms with Gasteiger partial charge in [0.05, 0.1) is 0 Å². The van der Waals surface area contributed by atoms with Crippen molar-refractivity contribution in [1.82, 2.24) is 5.32 Å². The maximum Gasteiger partial charge on any atom is 0.0216 e. The van der Waals surface area contributed by atoms with E-state index < -0.39 is 0 Å². The molecule has 0 unspecified atom stereocenters. The third-order valence-electron chi connectivity index (χ3n) is 2.28. The van der Waals surface area contributed by atoms with Crippen LogP contribution in [0.1, 0.15) is 11.1 Å². The van der Waals surface area contributed by atoms with E-state index >= 15 is 0 Å². The van der Waals surface area contributed by atoms with Crippen molar-refractivity contribution in [2.24, 2.45) is 0 Å². The highest BCUT2D eigenvalue weighted by Gasteiger charge is 1.89. The molecule has 2 aromatic rings. The molecule has 1 N–H and O–H groups in total. The van der Waals surface area contributed by atoms with Gasteiger partial charge in [0, 0.05) is 13.1 Å². The van der Waals surface area contributed by atoms with Crippen molar-refractivity contribution in [3.8, 4) is 0 Å². The molecule has 0 amide bonds. The SMILES string of the molecule is C(=Cc1ccccc1)CNCc1ccsc1. The predicted molar refractivity (Wildman–Crippen MR) is 71.5 cm³/mol. The summed E-state index contributed by atoms with van der Waals surface area (Å²) in [6.07, 6.45) is 4.29. The topological polar surface area (TPSA) is 12.0 Å². The monoisotopic (exact) mass is 229 g/mol. The van der Waals surface area contributed by atoms with Crippen molar-refractivity contribution in [1.29, 1.82) is 0 Å². The van der Waals surface area contributed by atoms with Gasteiger partial charge in [0.2, 0.25) is 0 Å². The molecule has 0 aliphatic carbocycles. The van der Waals surface area contributed by atoms with Crippen LogP contribution in [0.15, 0.2) is 53.2 Å². The minimum absolute atomic E-state index is 0.907. The summed E-state index contributed by atoms with van der Waals surface area (Å²) < 4.78 is 0. The maximum atomic E-state index is 3.38. The van der Waals surface area contributed by atoms with Gasteiger partial charge in [-0.25, -0.2) is 0 Å². The van der Waals surface area contributed by atoms with E-state index in [1.807, 2.05) is 6.07 Å². The summed E-state index contributed by atoms with van der Waals surface area (Å²) in [5.74, 6) is 0. The predicted octanol–water partition coefficient (Wildman–Crippen LogP) is 3.55. The lowest BCUT2D eigenvalue weighted by Crippen LogP contribution is -2.11. The van der Waals surface area contributed by atoms with Gasteiger partial charge in [0.15, 0.2) is 0 Å². The van der Waals surface area contributed by atoms with E-state index in [2.05, 4.69) is 58.6 Å². The lowest BCUT2D eigenvalue weighted by atomic mass is 10.2. The van der Waals surface area contributed by atoms with E-state index in [9.17, 15) is 0 Å². The van der Waals surface area contributed by atoms with Gasteiger partial charge in [-0.2, -0.15) is 11.3 Å². The fourth-order valence-electron chi connectivity index (χ4n) is 1.45. The lowest BCUT2D eigenvalue weighted by molar-refractivity contribution is 0.763. The van der Waals surface area contributed by atoms with Crippen molar-refractivity contribution in [2.45, 2.75) is 6.54 Å². The largest absolute Gasteiger partial charge is 0.309 e. The first kappa shape index (κ1) is 11.1. The summed E-state index contributed by atoms with van der Waals surface area (Å²) in [5, 5.41) is 7.66. The van der Waals surface area contributed by atoms with Crippen molar-refractivity contribution < 1.29 is 0 Å². The van der Waals surface area contributed by atoms with Gasteiger partial charge in [0.25, 0.3) is 0 Å². The summed E-state index contributed by atoms with van der Waals surface area (Å²) in [4.78, 5) is 0. The molecule has 82 valence electrons. The minimum Gasteiger partial charge on any atom is -0.309 e. The molecule has 1 aromatic carbocycles. The van der Waals surface area contributed by atoms with E-state index in [0.717, 1.165) is 13.1 Å². The minimum atomic E-state index is 0.907. The standard InChI is InChI=1S/C14H15NS/c1-2-5-13(6-3-1)7-4-9-15-11-14-8-10-16-12-14/h1-8,10,12,15H,9,11H2. The first-order chi connectivity index (χ1) is 7.95. The Kier molecular flexibility index (Phi) is 4.35. The van der Waals surface area contributed by atoms with E-state index in [1.165, 1.54) is 11.1 Å². The molecule has 1 heterocycles. The number of hydrogen-bond donors (Lipinski definition) is 1. The molecule has 0 fully saturated rings. The smallest absolute Gasteiger partial charge is 0.0216 e. The molecule has 2 rings (SSSR count). The Morgan fingerprint density at radius 1 is 1.12 bits per heavy atom. The Morgan fingerprint density at radius 3 is 2.75 bits per heavy atom. The molecule has 0 radical (unpaired) electrons. The van der Waals surface area contributed by atoms with Gasteiger partial charge in [-0.15, -0.1) is 0 Å². The summed E-state index contributed by atoms with van der Waals surface area (Å²) in [7, 11) is 0. The normalized spacial score (nSPS) is 11.0. The summed E-state index contributed by atoms with van der Waals surface area (Å²) in [6, 6.07) is 12.5. The van der Waals surface area contributed by atoms with Crippen LogP contribution in [0.25, 0.3) is 6.08 Å². The summed E-state index contributed by atoms with van der Waals surface area (Å²) in [6.45, 7) is 1.85. The van der Waals surface area contributed by atoms with Crippen LogP contribution < -0.4 is 5.32 Å². The molecule has 0 aliphatic rings. The molecule has 0 spiro atoms. The van der Waals surface area contributed by atoms with Crippen LogP contribution in [-0.2, 0) is 6.54 Å². The fraction of sp³-hybridized carbons (Fsp3) is 0.143. The molecule has 1 nitrogen and oxygen atoms in total. The number of benzene rings is 1. The van der Waals surface area contributed by atoms with Crippen LogP contribution in [0.3, 0.4) is 0 Å². The molecule has 0 saturated heterocycles. The van der Waals surface area contributed by atoms with E-state index in [-0.39, 0.29) is 0 Å². The molecule has 0 atom stereocenters. The number of nitrogens with one attached hydrogen (secondary N) is 1. The summed E-state index contributed by atoms with van der Waals surface area (Å²) >= 11 is 1.74. The van der Waals surface area contributed by atoms with Gasteiger partial charge >= 0.3 is 0 Å². The van der Waals surface area contributed by atoms with E-state index in [1.54, 1.807) is 11.3 Å². The van der Waals surface area contributed by atoms with Gasteiger partial charge in [-0.1, -0.05) is 42.5 Å². The van der Waals surface area contributed by atoms with Crippen LogP contribution in [-0.4, -0.2) is 6.54 Å². The van der Waals surface area contributed by atoms with E-state index in [4.69, 9.17) is 0 Å². The fourth-order valence-corrected chi connectivity index (χ4v) is 2.12. The van der Waals surface area contributed by atoms with Crippen LogP contribution in [0.2, 0.25) is 0 Å². The molecular weight excluding hydrogens is 214 g/mol. The second kappa shape index (κ2) is 6.26. The number of hydrogen-bond acceptors (Lipinski definition) is 2. The van der Waals surface area contributed by atoms with Crippen LogP contribution in [0.5, 0.6) is 0 Å². The third kappa shape index (κ3) is 3.65. The molecule has 0 saturated carbocycles. The average Bonchev–Trinajstić information content (AvgIpc) is 2.83. The van der Waals surface area contributed by atoms with Crippen molar-refractivity contribution in [3.63, 3.8) is 0 Å². The maximum absolute atomic E-state index is 3.38. The Morgan fingerprint density at radius 2 is 2.00 bits per heavy atom. The van der Waals surface area contributed by atoms with E-state index in [0.29, 0.717) is 0 Å². The molecule has 16 heavy (non-hydrogen) atoms. The third-order valence-corrected chi connectivity index (χ3v) is 3.01. The van der Waals surface area contributed by atoms with Crippen LogP contribution >= 0.6 is 11.3 Å². The molecule has 2 heteroatoms. The highest BCUT2D eigenvalue weighted by molar-refractivity contribution is 7.07. The van der Waals surface area contributed by atoms with Gasteiger partial charge < -0.3 is 5.32 Å². The average molecular weight is 229 g/mol. The quantitative estimate of drug-likeness (QED) is 0.773. The first-order valence-electron chi connectivity index (χ1n) is 5.38. The van der Waals surface area contributed by atoms with Gasteiger partial charge in [0.1, 0.15) is 0 Å².